The normalized spacial score (nSPS) is 10.3. The average molecular weight is 289 g/mol. The van der Waals surface area contributed by atoms with Crippen LogP contribution in [0.15, 0.2) is 24.4 Å². The summed E-state index contributed by atoms with van der Waals surface area (Å²) in [6.45, 7) is 7.26. The lowest BCUT2D eigenvalue weighted by molar-refractivity contribution is 0.0951. The molecule has 0 unspecified atom stereocenters. The molecule has 4 nitrogen and oxygen atoms in total. The van der Waals surface area contributed by atoms with Crippen molar-refractivity contribution >= 4 is 22.9 Å². The second-order valence-corrected chi connectivity index (χ2v) is 5.95. The van der Waals surface area contributed by atoms with E-state index in [2.05, 4.69) is 15.6 Å². The summed E-state index contributed by atoms with van der Waals surface area (Å²) in [4.78, 5) is 17.7. The molecule has 2 N–H and O–H groups in total. The lowest BCUT2D eigenvalue weighted by atomic mass is 10.1. The molecule has 0 aliphatic rings. The minimum absolute atomic E-state index is 0.0718. The zero-order chi connectivity index (χ0) is 14.5. The molecule has 2 aromatic rings. The summed E-state index contributed by atoms with van der Waals surface area (Å²) in [6, 6.07) is 5.85. The van der Waals surface area contributed by atoms with Gasteiger partial charge in [-0.25, -0.2) is 4.98 Å². The van der Waals surface area contributed by atoms with E-state index in [1.807, 2.05) is 45.2 Å². The summed E-state index contributed by atoms with van der Waals surface area (Å²) in [5, 5.41) is 7.06. The first-order valence-electron chi connectivity index (χ1n) is 6.64. The predicted octanol–water partition coefficient (Wildman–Crippen LogP) is 3.12. The van der Waals surface area contributed by atoms with Gasteiger partial charge in [-0.1, -0.05) is 11.6 Å². The molecule has 0 aliphatic carbocycles. The lowest BCUT2D eigenvalue weighted by Crippen LogP contribution is -2.24. The molecule has 0 fully saturated rings. The standard InChI is InChI=1S/C15H19N3OS/c1-4-16-13-6-5-10(2)7-12(13)15(19)18-9-14-17-8-11(3)20-14/h5-8,16H,4,9H2,1-3H3,(H,18,19). The molecule has 5 heteroatoms. The van der Waals surface area contributed by atoms with Crippen molar-refractivity contribution in [2.45, 2.75) is 27.3 Å². The molecule has 20 heavy (non-hydrogen) atoms. The quantitative estimate of drug-likeness (QED) is 0.889. The number of carbonyl (C=O) groups is 1. The van der Waals surface area contributed by atoms with Gasteiger partial charge in [0.15, 0.2) is 0 Å². The zero-order valence-corrected chi connectivity index (χ0v) is 12.8. The number of aryl methyl sites for hydroxylation is 2. The van der Waals surface area contributed by atoms with E-state index in [1.54, 1.807) is 11.3 Å². The van der Waals surface area contributed by atoms with Crippen molar-refractivity contribution in [1.29, 1.82) is 0 Å². The van der Waals surface area contributed by atoms with E-state index in [1.165, 1.54) is 0 Å². The fraction of sp³-hybridized carbons (Fsp3) is 0.333. The highest BCUT2D eigenvalue weighted by atomic mass is 32.1. The Hall–Kier alpha value is -1.88. The lowest BCUT2D eigenvalue weighted by Gasteiger charge is -2.11. The molecular formula is C15H19N3OS. The van der Waals surface area contributed by atoms with Gasteiger partial charge in [0, 0.05) is 23.3 Å². The molecule has 1 amide bonds. The monoisotopic (exact) mass is 289 g/mol. The van der Waals surface area contributed by atoms with Gasteiger partial charge in [-0.2, -0.15) is 0 Å². The third-order valence-corrected chi connectivity index (χ3v) is 3.77. The number of carbonyl (C=O) groups excluding carboxylic acids is 1. The molecule has 0 bridgehead atoms. The van der Waals surface area contributed by atoms with Crippen molar-refractivity contribution in [3.05, 3.63) is 45.4 Å². The SMILES string of the molecule is CCNc1ccc(C)cc1C(=O)NCc1ncc(C)s1. The van der Waals surface area contributed by atoms with E-state index >= 15 is 0 Å². The van der Waals surface area contributed by atoms with Gasteiger partial charge in [-0.3, -0.25) is 4.79 Å². The van der Waals surface area contributed by atoms with Gasteiger partial charge in [-0.05, 0) is 32.9 Å². The highest BCUT2D eigenvalue weighted by Crippen LogP contribution is 2.18. The van der Waals surface area contributed by atoms with Crippen molar-refractivity contribution in [2.75, 3.05) is 11.9 Å². The molecule has 106 valence electrons. The van der Waals surface area contributed by atoms with Crippen LogP contribution < -0.4 is 10.6 Å². The van der Waals surface area contributed by atoms with E-state index in [0.717, 1.165) is 27.7 Å². The summed E-state index contributed by atoms with van der Waals surface area (Å²) in [6.07, 6.45) is 1.82. The molecular weight excluding hydrogens is 270 g/mol. The number of rotatable bonds is 5. The van der Waals surface area contributed by atoms with E-state index in [9.17, 15) is 4.79 Å². The maximum absolute atomic E-state index is 12.3. The largest absolute Gasteiger partial charge is 0.385 e. The minimum atomic E-state index is -0.0718. The predicted molar refractivity (Wildman–Crippen MR) is 83.4 cm³/mol. The van der Waals surface area contributed by atoms with E-state index in [0.29, 0.717) is 12.1 Å². The molecule has 0 spiro atoms. The summed E-state index contributed by atoms with van der Waals surface area (Å²) < 4.78 is 0. The molecule has 0 radical (unpaired) electrons. The highest BCUT2D eigenvalue weighted by molar-refractivity contribution is 7.11. The van der Waals surface area contributed by atoms with Crippen molar-refractivity contribution in [1.82, 2.24) is 10.3 Å². The number of nitrogens with zero attached hydrogens (tertiary/aromatic N) is 1. The number of thiazole rings is 1. The van der Waals surface area contributed by atoms with Crippen LogP contribution in [-0.4, -0.2) is 17.4 Å². The fourth-order valence-electron chi connectivity index (χ4n) is 1.92. The second kappa shape index (κ2) is 6.52. The third-order valence-electron chi connectivity index (χ3n) is 2.86. The van der Waals surface area contributed by atoms with Gasteiger partial charge >= 0.3 is 0 Å². The first-order chi connectivity index (χ1) is 9.60. The Kier molecular flexibility index (Phi) is 4.74. The third kappa shape index (κ3) is 3.57. The van der Waals surface area contributed by atoms with Gasteiger partial charge < -0.3 is 10.6 Å². The van der Waals surface area contributed by atoms with E-state index in [-0.39, 0.29) is 5.91 Å². The van der Waals surface area contributed by atoms with Gasteiger partial charge in [-0.15, -0.1) is 11.3 Å². The Bertz CT molecular complexity index is 607. The smallest absolute Gasteiger partial charge is 0.253 e. The number of nitrogens with one attached hydrogen (secondary N) is 2. The summed E-state index contributed by atoms with van der Waals surface area (Å²) >= 11 is 1.60. The van der Waals surface area contributed by atoms with Gasteiger partial charge in [0.05, 0.1) is 12.1 Å². The number of benzene rings is 1. The first kappa shape index (κ1) is 14.5. The number of aromatic nitrogens is 1. The number of hydrogen-bond donors (Lipinski definition) is 2. The number of hydrogen-bond acceptors (Lipinski definition) is 4. The average Bonchev–Trinajstić information content (AvgIpc) is 2.84. The van der Waals surface area contributed by atoms with Crippen LogP contribution in [0.25, 0.3) is 0 Å². The van der Waals surface area contributed by atoms with Gasteiger partial charge in [0.25, 0.3) is 5.91 Å². The molecule has 1 heterocycles. The topological polar surface area (TPSA) is 54.0 Å². The molecule has 0 saturated carbocycles. The molecule has 1 aromatic heterocycles. The Morgan fingerprint density at radius 3 is 2.80 bits per heavy atom. The van der Waals surface area contributed by atoms with Crippen molar-refractivity contribution < 1.29 is 4.79 Å². The Morgan fingerprint density at radius 1 is 1.35 bits per heavy atom. The van der Waals surface area contributed by atoms with Crippen LogP contribution >= 0.6 is 11.3 Å². The zero-order valence-electron chi connectivity index (χ0n) is 12.0. The van der Waals surface area contributed by atoms with Gasteiger partial charge in [0.1, 0.15) is 5.01 Å². The van der Waals surface area contributed by atoms with Gasteiger partial charge in [0.2, 0.25) is 0 Å². The van der Waals surface area contributed by atoms with Crippen molar-refractivity contribution in [3.63, 3.8) is 0 Å². The molecule has 0 aliphatic heterocycles. The fourth-order valence-corrected chi connectivity index (χ4v) is 2.65. The van der Waals surface area contributed by atoms with Crippen LogP contribution in [0.5, 0.6) is 0 Å². The van der Waals surface area contributed by atoms with Crippen molar-refractivity contribution in [2.24, 2.45) is 0 Å². The van der Waals surface area contributed by atoms with E-state index in [4.69, 9.17) is 0 Å². The molecule has 2 rings (SSSR count). The molecule has 1 aromatic carbocycles. The van der Waals surface area contributed by atoms with E-state index < -0.39 is 0 Å². The van der Waals surface area contributed by atoms with Crippen LogP contribution in [0.4, 0.5) is 5.69 Å². The number of amides is 1. The Balaban J connectivity index is 2.09. The number of anilines is 1. The van der Waals surface area contributed by atoms with Crippen LogP contribution in [0.2, 0.25) is 0 Å². The summed E-state index contributed by atoms with van der Waals surface area (Å²) in [7, 11) is 0. The molecule has 0 saturated heterocycles. The maximum Gasteiger partial charge on any atom is 0.253 e. The highest BCUT2D eigenvalue weighted by Gasteiger charge is 2.11. The Labute approximate surface area is 123 Å². The first-order valence-corrected chi connectivity index (χ1v) is 7.46. The van der Waals surface area contributed by atoms with Crippen LogP contribution in [0, 0.1) is 13.8 Å². The molecule has 0 atom stereocenters. The Morgan fingerprint density at radius 2 is 2.15 bits per heavy atom. The van der Waals surface area contributed by atoms with Crippen molar-refractivity contribution in [3.8, 4) is 0 Å². The second-order valence-electron chi connectivity index (χ2n) is 4.63. The summed E-state index contributed by atoms with van der Waals surface area (Å²) in [5.41, 5.74) is 2.62. The van der Waals surface area contributed by atoms with Crippen LogP contribution in [0.3, 0.4) is 0 Å². The van der Waals surface area contributed by atoms with Crippen LogP contribution in [-0.2, 0) is 6.54 Å². The minimum Gasteiger partial charge on any atom is -0.385 e. The summed E-state index contributed by atoms with van der Waals surface area (Å²) in [5.74, 6) is -0.0718. The van der Waals surface area contributed by atoms with Crippen LogP contribution in [0.1, 0.15) is 32.7 Å². The maximum atomic E-state index is 12.3.